The number of hydrogen-bond acceptors (Lipinski definition) is 7. The maximum atomic E-state index is 12.9. The Morgan fingerprint density at radius 1 is 1.03 bits per heavy atom. The standard InChI is InChI=1S/C24H22N2O5/c1-28-16-9-7-15(8-10-16)21-22-19(17-5-3-4-6-18(17)25-21)20(24(27)29-2)23(31-22)26-11-13-30-14-12-26/h3-10H,11-14H2,1-2H3. The second kappa shape index (κ2) is 7.92. The number of ether oxygens (including phenoxy) is 3. The molecule has 0 spiro atoms. The lowest BCUT2D eigenvalue weighted by Crippen LogP contribution is -2.36. The maximum absolute atomic E-state index is 12.9. The fourth-order valence-electron chi connectivity index (χ4n) is 4.02. The number of rotatable bonds is 4. The number of carbonyl (C=O) groups excluding carboxylic acids is 1. The number of fused-ring (bicyclic) bond motifs is 3. The Morgan fingerprint density at radius 3 is 2.48 bits per heavy atom. The molecule has 0 N–H and O–H groups in total. The molecule has 1 fully saturated rings. The van der Waals surface area contributed by atoms with Crippen LogP contribution in [-0.2, 0) is 9.47 Å². The first kappa shape index (κ1) is 19.4. The van der Waals surface area contributed by atoms with E-state index >= 15 is 0 Å². The average molecular weight is 418 g/mol. The molecule has 0 aliphatic carbocycles. The number of pyridine rings is 1. The molecule has 31 heavy (non-hydrogen) atoms. The van der Waals surface area contributed by atoms with Crippen molar-refractivity contribution in [2.45, 2.75) is 0 Å². The zero-order valence-electron chi connectivity index (χ0n) is 17.4. The molecule has 1 saturated heterocycles. The lowest BCUT2D eigenvalue weighted by Gasteiger charge is -2.26. The molecule has 0 atom stereocenters. The number of furan rings is 1. The summed E-state index contributed by atoms with van der Waals surface area (Å²) in [6.07, 6.45) is 0. The van der Waals surface area contributed by atoms with Gasteiger partial charge in [0.2, 0.25) is 5.88 Å². The number of morpholine rings is 1. The van der Waals surface area contributed by atoms with Gasteiger partial charge in [0.15, 0.2) is 5.58 Å². The number of hydrogen-bond donors (Lipinski definition) is 0. The van der Waals surface area contributed by atoms with E-state index in [1.807, 2.05) is 53.4 Å². The molecular weight excluding hydrogens is 396 g/mol. The summed E-state index contributed by atoms with van der Waals surface area (Å²) in [6, 6.07) is 15.4. The predicted octanol–water partition coefficient (Wildman–Crippen LogP) is 4.28. The van der Waals surface area contributed by atoms with E-state index in [2.05, 4.69) is 0 Å². The van der Waals surface area contributed by atoms with Gasteiger partial charge in [-0.25, -0.2) is 9.78 Å². The van der Waals surface area contributed by atoms with E-state index < -0.39 is 5.97 Å². The van der Waals surface area contributed by atoms with Crippen LogP contribution in [0, 0.1) is 0 Å². The summed E-state index contributed by atoms with van der Waals surface area (Å²) in [7, 11) is 3.02. The van der Waals surface area contributed by atoms with Gasteiger partial charge < -0.3 is 23.5 Å². The predicted molar refractivity (Wildman–Crippen MR) is 118 cm³/mol. The van der Waals surface area contributed by atoms with Crippen molar-refractivity contribution in [3.63, 3.8) is 0 Å². The summed E-state index contributed by atoms with van der Waals surface area (Å²) in [5.41, 5.74) is 3.30. The van der Waals surface area contributed by atoms with Crippen molar-refractivity contribution in [3.8, 4) is 17.0 Å². The molecule has 0 bridgehead atoms. The van der Waals surface area contributed by atoms with Crippen LogP contribution in [0.2, 0.25) is 0 Å². The van der Waals surface area contributed by atoms with Crippen molar-refractivity contribution < 1.29 is 23.4 Å². The number of carbonyl (C=O) groups is 1. The fraction of sp³-hybridized carbons (Fsp3) is 0.250. The molecule has 0 unspecified atom stereocenters. The highest BCUT2D eigenvalue weighted by Crippen LogP contribution is 2.42. The van der Waals surface area contributed by atoms with E-state index in [-0.39, 0.29) is 0 Å². The Bertz CT molecular complexity index is 1260. The third kappa shape index (κ3) is 3.27. The first-order valence-electron chi connectivity index (χ1n) is 10.1. The molecule has 5 rings (SSSR count). The number of methoxy groups -OCH3 is 2. The number of para-hydroxylation sites is 1. The Balaban J connectivity index is 1.85. The summed E-state index contributed by atoms with van der Waals surface area (Å²) in [4.78, 5) is 19.9. The van der Waals surface area contributed by atoms with Gasteiger partial charge in [-0.3, -0.25) is 0 Å². The average Bonchev–Trinajstić information content (AvgIpc) is 3.25. The number of benzene rings is 2. The largest absolute Gasteiger partial charge is 0.497 e. The molecule has 3 heterocycles. The van der Waals surface area contributed by atoms with Gasteiger partial charge in [-0.1, -0.05) is 18.2 Å². The van der Waals surface area contributed by atoms with Crippen molar-refractivity contribution in [1.29, 1.82) is 0 Å². The van der Waals surface area contributed by atoms with Crippen LogP contribution in [-0.4, -0.2) is 51.5 Å². The molecule has 1 aliphatic rings. The Morgan fingerprint density at radius 2 is 1.77 bits per heavy atom. The third-order valence-corrected chi connectivity index (χ3v) is 5.56. The van der Waals surface area contributed by atoms with E-state index in [4.69, 9.17) is 23.6 Å². The topological polar surface area (TPSA) is 74.0 Å². The summed E-state index contributed by atoms with van der Waals surface area (Å²) in [5.74, 6) is 0.819. The van der Waals surface area contributed by atoms with Crippen LogP contribution in [0.5, 0.6) is 5.75 Å². The maximum Gasteiger partial charge on any atom is 0.344 e. The zero-order chi connectivity index (χ0) is 21.4. The van der Waals surface area contributed by atoms with E-state index in [0.29, 0.717) is 54.4 Å². The monoisotopic (exact) mass is 418 g/mol. The molecule has 0 saturated carbocycles. The van der Waals surface area contributed by atoms with Crippen molar-refractivity contribution in [3.05, 3.63) is 54.1 Å². The fourth-order valence-corrected chi connectivity index (χ4v) is 4.02. The minimum atomic E-state index is -0.433. The molecule has 2 aromatic carbocycles. The Hall–Kier alpha value is -3.58. The van der Waals surface area contributed by atoms with Gasteiger partial charge in [-0.05, 0) is 30.3 Å². The molecule has 7 heteroatoms. The minimum Gasteiger partial charge on any atom is -0.497 e. The highest BCUT2D eigenvalue weighted by molar-refractivity contribution is 6.20. The molecule has 2 aromatic heterocycles. The molecule has 0 radical (unpaired) electrons. The molecule has 4 aromatic rings. The number of anilines is 1. The van der Waals surface area contributed by atoms with Gasteiger partial charge in [-0.15, -0.1) is 0 Å². The lowest BCUT2D eigenvalue weighted by molar-refractivity contribution is 0.0601. The third-order valence-electron chi connectivity index (χ3n) is 5.56. The van der Waals surface area contributed by atoms with Crippen LogP contribution in [0.15, 0.2) is 52.9 Å². The number of esters is 1. The number of nitrogens with zero attached hydrogens (tertiary/aromatic N) is 2. The molecule has 7 nitrogen and oxygen atoms in total. The van der Waals surface area contributed by atoms with Crippen LogP contribution in [0.4, 0.5) is 5.88 Å². The lowest BCUT2D eigenvalue weighted by atomic mass is 10.0. The number of aromatic nitrogens is 1. The van der Waals surface area contributed by atoms with Gasteiger partial charge in [-0.2, -0.15) is 0 Å². The highest BCUT2D eigenvalue weighted by atomic mass is 16.5. The molecular formula is C24H22N2O5. The summed E-state index contributed by atoms with van der Waals surface area (Å²) >= 11 is 0. The van der Waals surface area contributed by atoms with E-state index in [1.165, 1.54) is 7.11 Å². The second-order valence-electron chi connectivity index (χ2n) is 7.28. The summed E-state index contributed by atoms with van der Waals surface area (Å²) in [6.45, 7) is 2.41. The quantitative estimate of drug-likeness (QED) is 0.458. The van der Waals surface area contributed by atoms with Crippen molar-refractivity contribution in [2.24, 2.45) is 0 Å². The van der Waals surface area contributed by atoms with Gasteiger partial charge >= 0.3 is 5.97 Å². The summed E-state index contributed by atoms with van der Waals surface area (Å²) in [5, 5.41) is 1.56. The smallest absolute Gasteiger partial charge is 0.344 e. The van der Waals surface area contributed by atoms with Gasteiger partial charge in [0, 0.05) is 29.4 Å². The van der Waals surface area contributed by atoms with Crippen LogP contribution in [0.25, 0.3) is 33.1 Å². The molecule has 0 amide bonds. The van der Waals surface area contributed by atoms with Gasteiger partial charge in [0.05, 0.1) is 33.0 Å². The molecule has 158 valence electrons. The van der Waals surface area contributed by atoms with Crippen LogP contribution in [0.1, 0.15) is 10.4 Å². The van der Waals surface area contributed by atoms with Crippen molar-refractivity contribution in [1.82, 2.24) is 4.98 Å². The van der Waals surface area contributed by atoms with E-state index in [0.717, 1.165) is 22.2 Å². The van der Waals surface area contributed by atoms with Crippen molar-refractivity contribution >= 4 is 33.7 Å². The van der Waals surface area contributed by atoms with Crippen LogP contribution >= 0.6 is 0 Å². The van der Waals surface area contributed by atoms with E-state index in [1.54, 1.807) is 7.11 Å². The Labute approximate surface area is 179 Å². The van der Waals surface area contributed by atoms with E-state index in [9.17, 15) is 4.79 Å². The van der Waals surface area contributed by atoms with Crippen molar-refractivity contribution in [2.75, 3.05) is 45.4 Å². The second-order valence-corrected chi connectivity index (χ2v) is 7.28. The van der Waals surface area contributed by atoms with Gasteiger partial charge in [0.1, 0.15) is 17.0 Å². The zero-order valence-corrected chi connectivity index (χ0v) is 17.4. The van der Waals surface area contributed by atoms with Gasteiger partial charge in [0.25, 0.3) is 0 Å². The SMILES string of the molecule is COC(=O)c1c(N2CCOCC2)oc2c(-c3ccc(OC)cc3)nc3ccccc3c12. The molecule has 1 aliphatic heterocycles. The minimum absolute atomic E-state index is 0.424. The first-order valence-corrected chi connectivity index (χ1v) is 10.1. The first-order chi connectivity index (χ1) is 15.2. The van der Waals surface area contributed by atoms with Crippen LogP contribution in [0.3, 0.4) is 0 Å². The highest BCUT2D eigenvalue weighted by Gasteiger charge is 2.30. The Kier molecular flexibility index (Phi) is 4.95. The summed E-state index contributed by atoms with van der Waals surface area (Å²) < 4.78 is 22.3. The normalized spacial score (nSPS) is 14.2. The van der Waals surface area contributed by atoms with Crippen LogP contribution < -0.4 is 9.64 Å².